The fraction of sp³-hybridized carbons (Fsp3) is 0.600. The summed E-state index contributed by atoms with van der Waals surface area (Å²) in [6.07, 6.45) is 0.489. The largest absolute Gasteiger partial charge is 0.507 e. The highest BCUT2D eigenvalue weighted by molar-refractivity contribution is 5.42. The lowest BCUT2D eigenvalue weighted by Crippen LogP contribution is -2.16. The number of aromatic hydroxyl groups is 1. The minimum atomic E-state index is -0.769. The topological polar surface area (TPSA) is 58.9 Å². The first-order valence-electron chi connectivity index (χ1n) is 6.71. The van der Waals surface area contributed by atoms with Crippen LogP contribution in [0.5, 0.6) is 5.75 Å². The zero-order valence-electron chi connectivity index (χ0n) is 12.0. The van der Waals surface area contributed by atoms with Gasteiger partial charge in [0.25, 0.3) is 0 Å². The van der Waals surface area contributed by atoms with Crippen LogP contribution in [-0.4, -0.2) is 36.3 Å². The molecule has 0 fully saturated rings. The lowest BCUT2D eigenvalue weighted by Gasteiger charge is -2.13. The number of benzene rings is 1. The molecule has 0 radical (unpaired) electrons. The van der Waals surface area contributed by atoms with Crippen LogP contribution in [0.2, 0.25) is 0 Å². The van der Waals surface area contributed by atoms with Gasteiger partial charge in [0.1, 0.15) is 5.75 Å². The molecular formula is C15H24O4. The molecule has 2 N–H and O–H groups in total. The highest BCUT2D eigenvalue weighted by atomic mass is 16.6. The first-order chi connectivity index (χ1) is 9.04. The zero-order chi connectivity index (χ0) is 14.3. The molecule has 0 saturated carbocycles. The van der Waals surface area contributed by atoms with Gasteiger partial charge in [-0.25, -0.2) is 0 Å². The van der Waals surface area contributed by atoms with Crippen LogP contribution in [0.25, 0.3) is 0 Å². The lowest BCUT2D eigenvalue weighted by atomic mass is 10.0. The van der Waals surface area contributed by atoms with E-state index in [2.05, 4.69) is 0 Å². The Bertz CT molecular complexity index is 367. The van der Waals surface area contributed by atoms with Crippen LogP contribution in [0, 0.1) is 13.8 Å². The quantitative estimate of drug-likeness (QED) is 0.561. The minimum Gasteiger partial charge on any atom is -0.507 e. The van der Waals surface area contributed by atoms with E-state index in [0.717, 1.165) is 23.1 Å². The van der Waals surface area contributed by atoms with Crippen molar-refractivity contribution in [2.45, 2.75) is 39.9 Å². The first-order valence-corrected chi connectivity index (χ1v) is 6.71. The zero-order valence-corrected chi connectivity index (χ0v) is 12.0. The number of aliphatic hydroxyl groups excluding tert-OH is 1. The summed E-state index contributed by atoms with van der Waals surface area (Å²) in [5, 5.41) is 19.4. The average molecular weight is 268 g/mol. The average Bonchev–Trinajstić information content (AvgIpc) is 2.38. The normalized spacial score (nSPS) is 12.6. The van der Waals surface area contributed by atoms with E-state index < -0.39 is 6.29 Å². The van der Waals surface area contributed by atoms with E-state index in [1.165, 1.54) is 0 Å². The van der Waals surface area contributed by atoms with Crippen molar-refractivity contribution in [1.29, 1.82) is 0 Å². The van der Waals surface area contributed by atoms with Crippen molar-refractivity contribution < 1.29 is 19.7 Å². The van der Waals surface area contributed by atoms with Gasteiger partial charge >= 0.3 is 0 Å². The van der Waals surface area contributed by atoms with Crippen molar-refractivity contribution in [2.75, 3.05) is 19.8 Å². The number of phenols is 1. The van der Waals surface area contributed by atoms with Crippen LogP contribution in [-0.2, 0) is 15.9 Å². The molecule has 108 valence electrons. The molecule has 1 unspecified atom stereocenters. The number of phenolic OH excluding ortho intramolecular Hbond substituents is 1. The smallest absolute Gasteiger partial charge is 0.154 e. The van der Waals surface area contributed by atoms with Gasteiger partial charge in [0, 0.05) is 13.0 Å². The van der Waals surface area contributed by atoms with Crippen molar-refractivity contribution >= 4 is 0 Å². The van der Waals surface area contributed by atoms with Crippen LogP contribution in [0.3, 0.4) is 0 Å². The van der Waals surface area contributed by atoms with Gasteiger partial charge in [0.2, 0.25) is 0 Å². The standard InChI is InChI=1S/C15H24O4/c1-4-18-7-8-19-14(16)6-5-13-9-11(2)15(17)12(3)10-13/h9-10,14,16-17H,4-8H2,1-3H3. The molecule has 19 heavy (non-hydrogen) atoms. The fourth-order valence-corrected chi connectivity index (χ4v) is 1.95. The van der Waals surface area contributed by atoms with Crippen LogP contribution in [0.15, 0.2) is 12.1 Å². The highest BCUT2D eigenvalue weighted by Gasteiger charge is 2.07. The predicted octanol–water partition coefficient (Wildman–Crippen LogP) is 2.31. The van der Waals surface area contributed by atoms with E-state index in [1.54, 1.807) is 0 Å². The third-order valence-corrected chi connectivity index (χ3v) is 2.97. The highest BCUT2D eigenvalue weighted by Crippen LogP contribution is 2.23. The first kappa shape index (κ1) is 16.0. The monoisotopic (exact) mass is 268 g/mol. The maximum absolute atomic E-state index is 9.69. The second-order valence-electron chi connectivity index (χ2n) is 4.64. The van der Waals surface area contributed by atoms with Gasteiger partial charge in [-0.15, -0.1) is 0 Å². The third kappa shape index (κ3) is 5.59. The molecule has 1 aromatic rings. The Morgan fingerprint density at radius 1 is 1.16 bits per heavy atom. The van der Waals surface area contributed by atoms with E-state index in [-0.39, 0.29) is 0 Å². The Labute approximate surface area is 115 Å². The summed E-state index contributed by atoms with van der Waals surface area (Å²) < 4.78 is 10.4. The summed E-state index contributed by atoms with van der Waals surface area (Å²) in [5.74, 6) is 0.345. The molecule has 0 aliphatic heterocycles. The molecule has 0 bridgehead atoms. The summed E-state index contributed by atoms with van der Waals surface area (Å²) in [6, 6.07) is 3.88. The van der Waals surface area contributed by atoms with Crippen molar-refractivity contribution in [1.82, 2.24) is 0 Å². The van der Waals surface area contributed by atoms with E-state index in [9.17, 15) is 10.2 Å². The number of ether oxygens (including phenoxy) is 2. The number of rotatable bonds is 8. The van der Waals surface area contributed by atoms with Crippen molar-refractivity contribution in [3.8, 4) is 5.75 Å². The molecule has 1 aromatic carbocycles. The minimum absolute atomic E-state index is 0.345. The molecule has 0 heterocycles. The van der Waals surface area contributed by atoms with Gasteiger partial charge in [-0.3, -0.25) is 0 Å². The number of hydrogen-bond donors (Lipinski definition) is 2. The molecule has 1 rings (SSSR count). The Balaban J connectivity index is 2.36. The maximum atomic E-state index is 9.69. The van der Waals surface area contributed by atoms with Gasteiger partial charge in [-0.2, -0.15) is 0 Å². The molecule has 0 aliphatic rings. The molecule has 0 amide bonds. The van der Waals surface area contributed by atoms with Gasteiger partial charge in [0.05, 0.1) is 13.2 Å². The van der Waals surface area contributed by atoms with Crippen LogP contribution >= 0.6 is 0 Å². The Kier molecular flexibility index (Phi) is 6.84. The summed E-state index contributed by atoms with van der Waals surface area (Å²) in [5.41, 5.74) is 2.82. The molecule has 1 atom stereocenters. The van der Waals surface area contributed by atoms with E-state index in [1.807, 2.05) is 32.9 Å². The molecule has 4 nitrogen and oxygen atoms in total. The maximum Gasteiger partial charge on any atom is 0.154 e. The van der Waals surface area contributed by atoms with Crippen molar-refractivity contribution in [3.63, 3.8) is 0 Å². The summed E-state index contributed by atoms with van der Waals surface area (Å²) in [4.78, 5) is 0. The second kappa shape index (κ2) is 8.15. The van der Waals surface area contributed by atoms with Crippen LogP contribution in [0.4, 0.5) is 0 Å². The van der Waals surface area contributed by atoms with Crippen LogP contribution < -0.4 is 0 Å². The SMILES string of the molecule is CCOCCOC(O)CCc1cc(C)c(O)c(C)c1. The van der Waals surface area contributed by atoms with Gasteiger partial charge in [-0.1, -0.05) is 12.1 Å². The van der Waals surface area contributed by atoms with Crippen LogP contribution in [0.1, 0.15) is 30.0 Å². The summed E-state index contributed by atoms with van der Waals surface area (Å²) in [7, 11) is 0. The van der Waals surface area contributed by atoms with Gasteiger partial charge in [0.15, 0.2) is 6.29 Å². The second-order valence-corrected chi connectivity index (χ2v) is 4.64. The fourth-order valence-electron chi connectivity index (χ4n) is 1.95. The van der Waals surface area contributed by atoms with E-state index in [4.69, 9.17) is 9.47 Å². The molecule has 0 saturated heterocycles. The molecule has 0 aliphatic carbocycles. The Morgan fingerprint density at radius 3 is 2.37 bits per heavy atom. The molecule has 4 heteroatoms. The Morgan fingerprint density at radius 2 is 1.79 bits per heavy atom. The Hall–Kier alpha value is -1.10. The number of aliphatic hydroxyl groups is 1. The van der Waals surface area contributed by atoms with Crippen molar-refractivity contribution in [2.24, 2.45) is 0 Å². The number of hydrogen-bond acceptors (Lipinski definition) is 4. The van der Waals surface area contributed by atoms with E-state index >= 15 is 0 Å². The summed E-state index contributed by atoms with van der Waals surface area (Å²) in [6.45, 7) is 7.24. The third-order valence-electron chi connectivity index (χ3n) is 2.97. The van der Waals surface area contributed by atoms with Gasteiger partial charge in [-0.05, 0) is 43.9 Å². The number of aryl methyl sites for hydroxylation is 3. The predicted molar refractivity (Wildman–Crippen MR) is 74.4 cm³/mol. The molecule has 0 aromatic heterocycles. The molecule has 0 spiro atoms. The summed E-state index contributed by atoms with van der Waals surface area (Å²) >= 11 is 0. The van der Waals surface area contributed by atoms with Crippen molar-refractivity contribution in [3.05, 3.63) is 28.8 Å². The lowest BCUT2D eigenvalue weighted by molar-refractivity contribution is -0.114. The van der Waals surface area contributed by atoms with Gasteiger partial charge < -0.3 is 19.7 Å². The molecular weight excluding hydrogens is 244 g/mol. The van der Waals surface area contributed by atoms with E-state index in [0.29, 0.717) is 32.0 Å².